The topological polar surface area (TPSA) is 33.1 Å². The van der Waals surface area contributed by atoms with E-state index in [1.807, 2.05) is 12.4 Å². The van der Waals surface area contributed by atoms with Gasteiger partial charge in [0.25, 0.3) is 0 Å². The molecule has 6 atom stereocenters. The lowest BCUT2D eigenvalue weighted by atomic mass is 9.47. The Balaban J connectivity index is 1.48. The quantitative estimate of drug-likeness (QED) is 0.689. The molecule has 0 bridgehead atoms. The lowest BCUT2D eigenvalue weighted by Crippen LogP contribution is -2.49. The van der Waals surface area contributed by atoms with Crippen LogP contribution in [0.2, 0.25) is 0 Å². The van der Waals surface area contributed by atoms with Gasteiger partial charge in [-0.05, 0) is 90.7 Å². The molecule has 4 aliphatic rings. The van der Waals surface area contributed by atoms with Crippen LogP contribution in [-0.4, -0.2) is 16.2 Å². The van der Waals surface area contributed by atoms with Gasteiger partial charge in [0.1, 0.15) is 0 Å². The van der Waals surface area contributed by atoms with Gasteiger partial charge >= 0.3 is 0 Å². The van der Waals surface area contributed by atoms with Gasteiger partial charge < -0.3 is 5.11 Å². The molecule has 5 rings (SSSR count). The van der Waals surface area contributed by atoms with Gasteiger partial charge in [-0.1, -0.05) is 37.6 Å². The molecular formula is C24H31NO. The summed E-state index contributed by atoms with van der Waals surface area (Å²) in [5.74, 6) is 2.36. The fourth-order valence-corrected chi connectivity index (χ4v) is 7.18. The van der Waals surface area contributed by atoms with Crippen LogP contribution in [0.5, 0.6) is 0 Å². The predicted octanol–water partition coefficient (Wildman–Crippen LogP) is 5.40. The minimum absolute atomic E-state index is 0.106. The second-order valence-electron chi connectivity index (χ2n) is 9.71. The minimum atomic E-state index is -0.106. The molecule has 1 aromatic rings. The van der Waals surface area contributed by atoms with Gasteiger partial charge in [0, 0.05) is 12.4 Å². The Labute approximate surface area is 157 Å². The van der Waals surface area contributed by atoms with Gasteiger partial charge in [-0.15, -0.1) is 0 Å². The van der Waals surface area contributed by atoms with E-state index in [0.29, 0.717) is 10.8 Å². The van der Waals surface area contributed by atoms with E-state index in [1.165, 1.54) is 37.7 Å². The summed E-state index contributed by atoms with van der Waals surface area (Å²) in [7, 11) is 0. The zero-order valence-corrected chi connectivity index (χ0v) is 16.1. The van der Waals surface area contributed by atoms with Crippen molar-refractivity contribution in [2.24, 2.45) is 28.6 Å². The lowest BCUT2D eigenvalue weighted by molar-refractivity contribution is -0.0238. The summed E-state index contributed by atoms with van der Waals surface area (Å²) in [6, 6.07) is 4.31. The summed E-state index contributed by atoms with van der Waals surface area (Å²) in [6.07, 6.45) is 17.0. The first-order valence-electron chi connectivity index (χ1n) is 10.5. The van der Waals surface area contributed by atoms with Crippen LogP contribution in [0.3, 0.4) is 0 Å². The number of allylic oxidation sites excluding steroid dienone is 3. The number of pyridine rings is 1. The van der Waals surface area contributed by atoms with Crippen LogP contribution >= 0.6 is 0 Å². The number of aliphatic hydroxyl groups excluding tert-OH is 1. The van der Waals surface area contributed by atoms with Gasteiger partial charge in [0.2, 0.25) is 0 Å². The third-order valence-electron chi connectivity index (χ3n) is 8.63. The molecule has 26 heavy (non-hydrogen) atoms. The van der Waals surface area contributed by atoms with Gasteiger partial charge in [-0.3, -0.25) is 4.98 Å². The van der Waals surface area contributed by atoms with E-state index in [-0.39, 0.29) is 6.10 Å². The van der Waals surface area contributed by atoms with Crippen molar-refractivity contribution < 1.29 is 5.11 Å². The lowest BCUT2D eigenvalue weighted by Gasteiger charge is -2.57. The first-order valence-corrected chi connectivity index (χ1v) is 10.5. The molecule has 1 heterocycles. The van der Waals surface area contributed by atoms with Crippen LogP contribution in [-0.2, 0) is 0 Å². The molecule has 138 valence electrons. The summed E-state index contributed by atoms with van der Waals surface area (Å²) < 4.78 is 0. The number of hydrogen-bond donors (Lipinski definition) is 1. The van der Waals surface area contributed by atoms with Crippen molar-refractivity contribution in [3.63, 3.8) is 0 Å². The monoisotopic (exact) mass is 349 g/mol. The Morgan fingerprint density at radius 2 is 1.88 bits per heavy atom. The van der Waals surface area contributed by atoms with Crippen LogP contribution in [0, 0.1) is 28.6 Å². The molecule has 0 saturated heterocycles. The molecule has 2 unspecified atom stereocenters. The average Bonchev–Trinajstić information content (AvgIpc) is 3.00. The van der Waals surface area contributed by atoms with Crippen molar-refractivity contribution >= 4 is 5.57 Å². The summed E-state index contributed by atoms with van der Waals surface area (Å²) in [5.41, 5.74) is 5.09. The summed E-state index contributed by atoms with van der Waals surface area (Å²) in [6.45, 7) is 5.03. The normalized spacial score (nSPS) is 44.4. The summed E-state index contributed by atoms with van der Waals surface area (Å²) in [5, 5.41) is 10.2. The number of fused-ring (bicyclic) bond motifs is 5. The number of aromatic nitrogens is 1. The minimum Gasteiger partial charge on any atom is -0.393 e. The van der Waals surface area contributed by atoms with Crippen LogP contribution < -0.4 is 0 Å². The number of aliphatic hydroxyl groups is 1. The largest absolute Gasteiger partial charge is 0.393 e. The van der Waals surface area contributed by atoms with Crippen molar-refractivity contribution in [2.75, 3.05) is 0 Å². The Morgan fingerprint density at radius 1 is 1.04 bits per heavy atom. The summed E-state index contributed by atoms with van der Waals surface area (Å²) in [4.78, 5) is 4.38. The third kappa shape index (κ3) is 2.24. The maximum Gasteiger partial charge on any atom is 0.0577 e. The van der Waals surface area contributed by atoms with Crippen molar-refractivity contribution in [1.82, 2.24) is 4.98 Å². The van der Waals surface area contributed by atoms with Gasteiger partial charge in [-0.25, -0.2) is 0 Å². The molecule has 0 aromatic carbocycles. The molecule has 0 amide bonds. The Kier molecular flexibility index (Phi) is 3.73. The Morgan fingerprint density at radius 3 is 2.69 bits per heavy atom. The highest BCUT2D eigenvalue weighted by molar-refractivity contribution is 5.72. The van der Waals surface area contributed by atoms with Gasteiger partial charge in [-0.2, -0.15) is 0 Å². The van der Waals surface area contributed by atoms with Gasteiger partial charge in [0.05, 0.1) is 6.10 Å². The maximum atomic E-state index is 10.2. The molecule has 0 aliphatic heterocycles. The second kappa shape index (κ2) is 5.79. The molecule has 0 spiro atoms. The number of rotatable bonds is 1. The van der Waals surface area contributed by atoms with E-state index in [1.54, 1.807) is 11.1 Å². The highest BCUT2D eigenvalue weighted by Crippen LogP contribution is 2.66. The zero-order chi connectivity index (χ0) is 17.9. The number of nitrogens with zero attached hydrogens (tertiary/aromatic N) is 1. The molecular weight excluding hydrogens is 318 g/mol. The zero-order valence-electron chi connectivity index (χ0n) is 16.1. The maximum absolute atomic E-state index is 10.2. The van der Waals surface area contributed by atoms with Crippen LogP contribution in [0.15, 0.2) is 42.3 Å². The smallest absolute Gasteiger partial charge is 0.0577 e. The van der Waals surface area contributed by atoms with Crippen LogP contribution in [0.4, 0.5) is 0 Å². The fraction of sp³-hybridized carbons (Fsp3) is 0.625. The van der Waals surface area contributed by atoms with E-state index in [4.69, 9.17) is 0 Å². The third-order valence-corrected chi connectivity index (χ3v) is 8.63. The van der Waals surface area contributed by atoms with Crippen molar-refractivity contribution in [1.29, 1.82) is 0 Å². The molecule has 2 saturated carbocycles. The molecule has 4 aliphatic carbocycles. The molecule has 2 fully saturated rings. The first kappa shape index (κ1) is 16.7. The summed E-state index contributed by atoms with van der Waals surface area (Å²) >= 11 is 0. The van der Waals surface area contributed by atoms with E-state index in [9.17, 15) is 5.11 Å². The fourth-order valence-electron chi connectivity index (χ4n) is 7.18. The molecule has 2 nitrogen and oxygen atoms in total. The standard InChI is InChI=1S/C24H31NO/c1-23-11-9-18(26)14-17(23)5-6-19-21-8-7-20(16-4-3-13-25-15-16)24(21,2)12-10-22(19)23/h3-5,7,13,15,18-19,21-22,26H,6,8-12,14H2,1-2H3/t18-,19?,21-,22?,23-,24+/m0/s1. The highest BCUT2D eigenvalue weighted by atomic mass is 16.3. The van der Waals surface area contributed by atoms with E-state index in [2.05, 4.69) is 43.1 Å². The first-order chi connectivity index (χ1) is 12.5. The second-order valence-corrected chi connectivity index (χ2v) is 9.71. The SMILES string of the molecule is C[C@]12CC[C@H](O)CC1=CCC1C2CC[C@]2(C)C(c3cccnc3)=CC[C@@H]12. The van der Waals surface area contributed by atoms with E-state index < -0.39 is 0 Å². The van der Waals surface area contributed by atoms with Crippen molar-refractivity contribution in [2.45, 2.75) is 64.9 Å². The Hall–Kier alpha value is -1.41. The van der Waals surface area contributed by atoms with Crippen molar-refractivity contribution in [3.05, 3.63) is 47.8 Å². The molecule has 1 aromatic heterocycles. The van der Waals surface area contributed by atoms with Crippen molar-refractivity contribution in [3.8, 4) is 0 Å². The molecule has 2 heteroatoms. The Bertz CT molecular complexity index is 766. The molecule has 1 N–H and O–H groups in total. The van der Waals surface area contributed by atoms with Gasteiger partial charge in [0.15, 0.2) is 0 Å². The predicted molar refractivity (Wildman–Crippen MR) is 105 cm³/mol. The van der Waals surface area contributed by atoms with E-state index in [0.717, 1.165) is 30.6 Å². The average molecular weight is 350 g/mol. The number of hydrogen-bond acceptors (Lipinski definition) is 2. The van der Waals surface area contributed by atoms with E-state index >= 15 is 0 Å². The van der Waals surface area contributed by atoms with Crippen LogP contribution in [0.1, 0.15) is 64.4 Å². The molecule has 0 radical (unpaired) electrons. The van der Waals surface area contributed by atoms with Crippen LogP contribution in [0.25, 0.3) is 5.57 Å². The highest BCUT2D eigenvalue weighted by Gasteiger charge is 2.56.